The normalized spacial score (nSPS) is 12.6. The number of carbonyl (C=O) groups is 3. The molecule has 0 bridgehead atoms. The van der Waals surface area contributed by atoms with Crippen molar-refractivity contribution in [3.8, 4) is 11.5 Å². The Morgan fingerprint density at radius 3 is 2.62 bits per heavy atom. The first-order chi connectivity index (χ1) is 14.1. The number of carbonyl (C=O) groups excluding carboxylic acids is 3. The Bertz CT molecular complexity index is 899. The van der Waals surface area contributed by atoms with Gasteiger partial charge in [0.25, 0.3) is 11.8 Å². The van der Waals surface area contributed by atoms with E-state index in [1.165, 1.54) is 4.90 Å². The summed E-state index contributed by atoms with van der Waals surface area (Å²) in [5, 5.41) is 0. The van der Waals surface area contributed by atoms with E-state index in [2.05, 4.69) is 10.9 Å². The lowest BCUT2D eigenvalue weighted by Gasteiger charge is -2.28. The lowest BCUT2D eigenvalue weighted by molar-refractivity contribution is -0.129. The molecule has 0 unspecified atom stereocenters. The van der Waals surface area contributed by atoms with Crippen molar-refractivity contribution >= 4 is 23.4 Å². The molecule has 0 saturated carbocycles. The summed E-state index contributed by atoms with van der Waals surface area (Å²) in [7, 11) is 0. The van der Waals surface area contributed by atoms with Gasteiger partial charge in [0, 0.05) is 6.42 Å². The van der Waals surface area contributed by atoms with Crippen LogP contribution in [0, 0.1) is 0 Å². The van der Waals surface area contributed by atoms with Crippen molar-refractivity contribution in [3.05, 3.63) is 54.1 Å². The quantitative estimate of drug-likeness (QED) is 0.692. The molecule has 0 atom stereocenters. The van der Waals surface area contributed by atoms with E-state index in [-0.39, 0.29) is 31.4 Å². The Morgan fingerprint density at radius 1 is 1.07 bits per heavy atom. The van der Waals surface area contributed by atoms with Gasteiger partial charge in [-0.15, -0.1) is 0 Å². The van der Waals surface area contributed by atoms with Gasteiger partial charge >= 0.3 is 0 Å². The number of para-hydroxylation sites is 3. The molecule has 0 aliphatic carbocycles. The van der Waals surface area contributed by atoms with Crippen LogP contribution in [0.15, 0.2) is 48.5 Å². The second-order valence-electron chi connectivity index (χ2n) is 6.37. The Labute approximate surface area is 168 Å². The molecule has 1 aliphatic rings. The van der Waals surface area contributed by atoms with Crippen LogP contribution < -0.4 is 25.2 Å². The van der Waals surface area contributed by atoms with Crippen molar-refractivity contribution in [2.24, 2.45) is 0 Å². The number of hydrogen-bond acceptors (Lipinski definition) is 5. The fourth-order valence-corrected chi connectivity index (χ4v) is 2.97. The van der Waals surface area contributed by atoms with E-state index < -0.39 is 5.91 Å². The highest BCUT2D eigenvalue weighted by molar-refractivity contribution is 6.02. The lowest BCUT2D eigenvalue weighted by Crippen LogP contribution is -2.49. The highest BCUT2D eigenvalue weighted by atomic mass is 16.5. The van der Waals surface area contributed by atoms with Gasteiger partial charge in [-0.25, -0.2) is 0 Å². The third kappa shape index (κ3) is 5.25. The molecule has 2 aromatic carbocycles. The first-order valence-electron chi connectivity index (χ1n) is 9.39. The Morgan fingerprint density at radius 2 is 1.79 bits per heavy atom. The summed E-state index contributed by atoms with van der Waals surface area (Å²) in [6, 6.07) is 14.5. The van der Waals surface area contributed by atoms with Gasteiger partial charge in [-0.1, -0.05) is 30.3 Å². The van der Waals surface area contributed by atoms with Crippen LogP contribution in [0.4, 0.5) is 5.69 Å². The molecular weight excluding hydrogens is 374 g/mol. The predicted molar refractivity (Wildman–Crippen MR) is 107 cm³/mol. The maximum atomic E-state index is 12.2. The first kappa shape index (κ1) is 20.2. The number of anilines is 1. The molecule has 2 N–H and O–H groups in total. The molecule has 0 radical (unpaired) electrons. The van der Waals surface area contributed by atoms with Crippen molar-refractivity contribution in [2.45, 2.75) is 19.8 Å². The van der Waals surface area contributed by atoms with E-state index in [1.54, 1.807) is 24.3 Å². The van der Waals surface area contributed by atoms with Crippen LogP contribution in [-0.2, 0) is 20.8 Å². The zero-order valence-electron chi connectivity index (χ0n) is 16.1. The van der Waals surface area contributed by atoms with Crippen LogP contribution in [-0.4, -0.2) is 37.5 Å². The van der Waals surface area contributed by atoms with Crippen LogP contribution in [0.1, 0.15) is 18.9 Å². The molecule has 8 heteroatoms. The number of hydrogen-bond donors (Lipinski definition) is 2. The molecule has 1 heterocycles. The van der Waals surface area contributed by atoms with E-state index in [0.717, 1.165) is 11.3 Å². The van der Waals surface area contributed by atoms with Crippen LogP contribution in [0.2, 0.25) is 0 Å². The molecule has 8 nitrogen and oxygen atoms in total. The number of rotatable bonds is 7. The van der Waals surface area contributed by atoms with Gasteiger partial charge in [0.1, 0.15) is 18.0 Å². The number of fused-ring (bicyclic) bond motifs is 1. The highest BCUT2D eigenvalue weighted by Gasteiger charge is 2.27. The fraction of sp³-hybridized carbons (Fsp3) is 0.286. The molecule has 29 heavy (non-hydrogen) atoms. The molecular formula is C21H23N3O5. The predicted octanol–water partition coefficient (Wildman–Crippen LogP) is 1.59. The van der Waals surface area contributed by atoms with Crippen molar-refractivity contribution in [3.63, 3.8) is 0 Å². The molecule has 0 saturated heterocycles. The summed E-state index contributed by atoms with van der Waals surface area (Å²) >= 11 is 0. The van der Waals surface area contributed by atoms with Crippen molar-refractivity contribution < 1.29 is 23.9 Å². The smallest absolute Gasteiger partial charge is 0.265 e. The van der Waals surface area contributed by atoms with E-state index in [4.69, 9.17) is 9.47 Å². The zero-order valence-corrected chi connectivity index (χ0v) is 16.1. The number of amides is 3. The van der Waals surface area contributed by atoms with Gasteiger partial charge in [0.15, 0.2) is 6.61 Å². The molecule has 3 rings (SSSR count). The molecule has 3 amide bonds. The van der Waals surface area contributed by atoms with E-state index in [9.17, 15) is 14.4 Å². The standard InChI is InChI=1S/C21H23N3O5/c1-2-28-17-9-5-3-7-15(17)11-12-19(25)22-23-20(26)13-24-16-8-4-6-10-18(16)29-14-21(24)27/h3-10H,2,11-14H2,1H3,(H,22,25)(H,23,26). The number of nitrogens with one attached hydrogen (secondary N) is 2. The summed E-state index contributed by atoms with van der Waals surface area (Å²) in [6.07, 6.45) is 0.664. The number of benzene rings is 2. The van der Waals surface area contributed by atoms with Crippen LogP contribution in [0.3, 0.4) is 0 Å². The third-order valence-electron chi connectivity index (χ3n) is 4.35. The van der Waals surface area contributed by atoms with Crippen LogP contribution in [0.25, 0.3) is 0 Å². The zero-order chi connectivity index (χ0) is 20.6. The summed E-state index contributed by atoms with van der Waals surface area (Å²) in [6.45, 7) is 2.10. The van der Waals surface area contributed by atoms with Crippen molar-refractivity contribution in [2.75, 3.05) is 24.7 Å². The molecule has 152 valence electrons. The maximum Gasteiger partial charge on any atom is 0.265 e. The molecule has 1 aliphatic heterocycles. The molecule has 0 spiro atoms. The van der Waals surface area contributed by atoms with Crippen LogP contribution in [0.5, 0.6) is 11.5 Å². The second-order valence-corrected chi connectivity index (χ2v) is 6.37. The van der Waals surface area contributed by atoms with Gasteiger partial charge in [0.2, 0.25) is 5.91 Å². The van der Waals surface area contributed by atoms with Gasteiger partial charge in [-0.2, -0.15) is 0 Å². The molecule has 2 aromatic rings. The summed E-state index contributed by atoms with van der Waals surface area (Å²) in [5.74, 6) is 0.127. The van der Waals surface area contributed by atoms with Crippen molar-refractivity contribution in [1.82, 2.24) is 10.9 Å². The third-order valence-corrected chi connectivity index (χ3v) is 4.35. The fourth-order valence-electron chi connectivity index (χ4n) is 2.97. The first-order valence-corrected chi connectivity index (χ1v) is 9.39. The van der Waals surface area contributed by atoms with E-state index >= 15 is 0 Å². The average Bonchev–Trinajstić information content (AvgIpc) is 2.74. The minimum atomic E-state index is -0.502. The highest BCUT2D eigenvalue weighted by Crippen LogP contribution is 2.31. The van der Waals surface area contributed by atoms with E-state index in [1.807, 2.05) is 31.2 Å². The minimum Gasteiger partial charge on any atom is -0.494 e. The maximum absolute atomic E-state index is 12.2. The molecule has 0 fully saturated rings. The number of aryl methyl sites for hydroxylation is 1. The SMILES string of the molecule is CCOc1ccccc1CCC(=O)NNC(=O)CN1C(=O)COc2ccccc21. The van der Waals surface area contributed by atoms with Gasteiger partial charge in [-0.05, 0) is 37.1 Å². The minimum absolute atomic E-state index is 0.129. The topological polar surface area (TPSA) is 97.0 Å². The largest absolute Gasteiger partial charge is 0.494 e. The van der Waals surface area contributed by atoms with Gasteiger partial charge in [-0.3, -0.25) is 30.1 Å². The monoisotopic (exact) mass is 397 g/mol. The van der Waals surface area contributed by atoms with Crippen LogP contribution >= 0.6 is 0 Å². The molecule has 0 aromatic heterocycles. The summed E-state index contributed by atoms with van der Waals surface area (Å²) < 4.78 is 10.9. The van der Waals surface area contributed by atoms with E-state index in [0.29, 0.717) is 24.5 Å². The van der Waals surface area contributed by atoms with Gasteiger partial charge in [0.05, 0.1) is 12.3 Å². The second kappa shape index (κ2) is 9.59. The average molecular weight is 397 g/mol. The Kier molecular flexibility index (Phi) is 6.67. The Balaban J connectivity index is 1.49. The summed E-state index contributed by atoms with van der Waals surface area (Å²) in [4.78, 5) is 37.7. The number of ether oxygens (including phenoxy) is 2. The Hall–Kier alpha value is -3.55. The van der Waals surface area contributed by atoms with Crippen molar-refractivity contribution in [1.29, 1.82) is 0 Å². The van der Waals surface area contributed by atoms with Gasteiger partial charge < -0.3 is 9.47 Å². The number of hydrazine groups is 1. The number of nitrogens with zero attached hydrogens (tertiary/aromatic N) is 1. The lowest BCUT2D eigenvalue weighted by atomic mass is 10.1. The summed E-state index contributed by atoms with van der Waals surface area (Å²) in [5.41, 5.74) is 6.18.